The molecule has 7 heteroatoms. The number of carbonyl (C=O) groups is 1. The van der Waals surface area contributed by atoms with Gasteiger partial charge in [-0.25, -0.2) is 9.67 Å². The summed E-state index contributed by atoms with van der Waals surface area (Å²) in [5.74, 6) is 1.49. The van der Waals surface area contributed by atoms with E-state index in [2.05, 4.69) is 17.4 Å². The van der Waals surface area contributed by atoms with Gasteiger partial charge < -0.3 is 10.1 Å². The molecule has 1 saturated heterocycles. The van der Waals surface area contributed by atoms with Crippen molar-refractivity contribution < 1.29 is 9.53 Å². The Morgan fingerprint density at radius 2 is 2.00 bits per heavy atom. The highest BCUT2D eigenvalue weighted by atomic mass is 32.2. The van der Waals surface area contributed by atoms with Gasteiger partial charge in [-0.15, -0.1) is 5.10 Å². The Kier molecular flexibility index (Phi) is 6.87. The summed E-state index contributed by atoms with van der Waals surface area (Å²) in [4.78, 5) is 17.4. The highest BCUT2D eigenvalue weighted by Gasteiger charge is 2.25. The minimum absolute atomic E-state index is 0.0146. The zero-order chi connectivity index (χ0) is 20.1. The van der Waals surface area contributed by atoms with Crippen LogP contribution in [0.4, 0.5) is 0 Å². The van der Waals surface area contributed by atoms with Crippen LogP contribution >= 0.6 is 11.8 Å². The first kappa shape index (κ1) is 20.4. The number of benzene rings is 1. The van der Waals surface area contributed by atoms with E-state index < -0.39 is 0 Å². The molecule has 0 spiro atoms. The number of hydrogen-bond donors (Lipinski definition) is 1. The molecular formula is C22H30N4O2S. The van der Waals surface area contributed by atoms with Gasteiger partial charge in [0.1, 0.15) is 5.82 Å². The lowest BCUT2D eigenvalue weighted by atomic mass is 9.88. The average Bonchev–Trinajstić information content (AvgIpc) is 3.43. The van der Waals surface area contributed by atoms with Crippen molar-refractivity contribution in [2.24, 2.45) is 0 Å². The zero-order valence-corrected chi connectivity index (χ0v) is 17.9. The topological polar surface area (TPSA) is 69.0 Å². The van der Waals surface area contributed by atoms with Gasteiger partial charge in [-0.05, 0) is 44.7 Å². The molecule has 1 amide bonds. The number of rotatable bonds is 7. The minimum atomic E-state index is -0.248. The van der Waals surface area contributed by atoms with Gasteiger partial charge in [-0.3, -0.25) is 4.79 Å². The maximum Gasteiger partial charge on any atom is 0.233 e. The van der Waals surface area contributed by atoms with Crippen LogP contribution in [0.15, 0.2) is 35.5 Å². The molecule has 0 bridgehead atoms. The Morgan fingerprint density at radius 1 is 1.21 bits per heavy atom. The van der Waals surface area contributed by atoms with E-state index >= 15 is 0 Å². The summed E-state index contributed by atoms with van der Waals surface area (Å²) in [6, 6.07) is 10.2. The molecule has 1 aromatic carbocycles. The summed E-state index contributed by atoms with van der Waals surface area (Å²) in [7, 11) is 0. The van der Waals surface area contributed by atoms with Crippen molar-refractivity contribution >= 4 is 17.7 Å². The van der Waals surface area contributed by atoms with Crippen LogP contribution in [0.1, 0.15) is 63.6 Å². The molecule has 6 nitrogen and oxygen atoms in total. The molecule has 156 valence electrons. The Hall–Kier alpha value is -1.86. The van der Waals surface area contributed by atoms with E-state index in [1.54, 1.807) is 0 Å². The predicted octanol–water partition coefficient (Wildman–Crippen LogP) is 4.09. The smallest absolute Gasteiger partial charge is 0.233 e. The third kappa shape index (κ3) is 5.20. The van der Waals surface area contributed by atoms with Crippen LogP contribution in [0.3, 0.4) is 0 Å². The Labute approximate surface area is 176 Å². The molecule has 0 radical (unpaired) electrons. The maximum atomic E-state index is 12.5. The summed E-state index contributed by atoms with van der Waals surface area (Å²) >= 11 is 1.43. The number of hydrogen-bond acceptors (Lipinski definition) is 5. The van der Waals surface area contributed by atoms with Crippen LogP contribution in [0.25, 0.3) is 5.69 Å². The Balaban J connectivity index is 1.46. The molecule has 2 atom stereocenters. The summed E-state index contributed by atoms with van der Waals surface area (Å²) < 4.78 is 7.57. The second-order valence-electron chi connectivity index (χ2n) is 7.98. The molecular weight excluding hydrogens is 384 g/mol. The fraction of sp³-hybridized carbons (Fsp3) is 0.591. The van der Waals surface area contributed by atoms with E-state index in [1.807, 2.05) is 29.8 Å². The highest BCUT2D eigenvalue weighted by Crippen LogP contribution is 2.34. The quantitative estimate of drug-likeness (QED) is 0.691. The average molecular weight is 415 g/mol. The molecule has 2 aromatic rings. The Morgan fingerprint density at radius 3 is 2.72 bits per heavy atom. The van der Waals surface area contributed by atoms with Gasteiger partial charge >= 0.3 is 0 Å². The van der Waals surface area contributed by atoms with E-state index in [0.717, 1.165) is 43.8 Å². The van der Waals surface area contributed by atoms with Crippen LogP contribution in [-0.2, 0) is 9.53 Å². The van der Waals surface area contributed by atoms with Gasteiger partial charge in [0.2, 0.25) is 11.1 Å². The van der Waals surface area contributed by atoms with Crippen molar-refractivity contribution in [2.45, 2.75) is 74.3 Å². The number of ether oxygens (including phenoxy) is 1. The number of carbonyl (C=O) groups excluding carboxylic acids is 1. The van der Waals surface area contributed by atoms with Gasteiger partial charge in [0, 0.05) is 19.1 Å². The third-order valence-corrected chi connectivity index (χ3v) is 6.71. The summed E-state index contributed by atoms with van der Waals surface area (Å²) in [6.45, 7) is 3.30. The molecule has 1 saturated carbocycles. The van der Waals surface area contributed by atoms with Crippen LogP contribution in [0, 0.1) is 0 Å². The molecule has 1 aliphatic heterocycles. The van der Waals surface area contributed by atoms with Crippen LogP contribution in [0.2, 0.25) is 0 Å². The summed E-state index contributed by atoms with van der Waals surface area (Å²) in [5.41, 5.74) is 1.03. The number of para-hydroxylation sites is 1. The molecule has 29 heavy (non-hydrogen) atoms. The van der Waals surface area contributed by atoms with Crippen LogP contribution < -0.4 is 5.32 Å². The zero-order valence-electron chi connectivity index (χ0n) is 17.0. The Bertz CT molecular complexity index is 798. The second kappa shape index (κ2) is 9.76. The number of amides is 1. The van der Waals surface area contributed by atoms with Crippen LogP contribution in [-0.4, -0.2) is 45.2 Å². The standard InChI is InChI=1S/C22H30N4O2S/c1-16(21(27)23-15-19-13-8-14-28-19)29-22-24-20(17-9-4-2-5-10-17)26(25-22)18-11-6-3-7-12-18/h3,6-7,11-12,16-17,19H,2,4-5,8-10,13-15H2,1H3,(H,23,27). The molecule has 2 fully saturated rings. The van der Waals surface area contributed by atoms with Gasteiger partial charge in [0.15, 0.2) is 0 Å². The highest BCUT2D eigenvalue weighted by molar-refractivity contribution is 8.00. The van der Waals surface area contributed by atoms with Crippen LogP contribution in [0.5, 0.6) is 0 Å². The molecule has 1 aromatic heterocycles. The molecule has 1 aliphatic carbocycles. The third-order valence-electron chi connectivity index (χ3n) is 5.76. The maximum absolute atomic E-state index is 12.5. The summed E-state index contributed by atoms with van der Waals surface area (Å²) in [5, 5.41) is 8.22. The molecule has 4 rings (SSSR count). The largest absolute Gasteiger partial charge is 0.376 e. The van der Waals surface area contributed by atoms with E-state index in [1.165, 1.54) is 31.0 Å². The first-order valence-electron chi connectivity index (χ1n) is 10.8. The normalized spacial score (nSPS) is 21.2. The van der Waals surface area contributed by atoms with Gasteiger partial charge in [-0.1, -0.05) is 49.2 Å². The van der Waals surface area contributed by atoms with E-state index in [0.29, 0.717) is 17.6 Å². The van der Waals surface area contributed by atoms with Gasteiger partial charge in [-0.2, -0.15) is 0 Å². The van der Waals surface area contributed by atoms with Crippen molar-refractivity contribution in [1.82, 2.24) is 20.1 Å². The molecule has 1 N–H and O–H groups in total. The lowest BCUT2D eigenvalue weighted by Gasteiger charge is -2.21. The fourth-order valence-corrected chi connectivity index (χ4v) is 4.90. The van der Waals surface area contributed by atoms with Crippen molar-refractivity contribution in [2.75, 3.05) is 13.2 Å². The number of nitrogens with zero attached hydrogens (tertiary/aromatic N) is 3. The van der Waals surface area contributed by atoms with E-state index in [4.69, 9.17) is 14.8 Å². The minimum Gasteiger partial charge on any atom is -0.376 e. The first-order valence-corrected chi connectivity index (χ1v) is 11.7. The number of nitrogens with one attached hydrogen (secondary N) is 1. The lowest BCUT2D eigenvalue weighted by Crippen LogP contribution is -2.36. The summed E-state index contributed by atoms with van der Waals surface area (Å²) in [6.07, 6.45) is 8.38. The number of aromatic nitrogens is 3. The molecule has 2 unspecified atom stereocenters. The molecule has 2 aliphatic rings. The second-order valence-corrected chi connectivity index (χ2v) is 9.28. The first-order chi connectivity index (χ1) is 14.2. The monoisotopic (exact) mass is 414 g/mol. The number of thioether (sulfide) groups is 1. The van der Waals surface area contributed by atoms with Crippen molar-refractivity contribution in [1.29, 1.82) is 0 Å². The van der Waals surface area contributed by atoms with Gasteiger partial charge in [0.25, 0.3) is 0 Å². The van der Waals surface area contributed by atoms with E-state index in [9.17, 15) is 4.79 Å². The van der Waals surface area contributed by atoms with Crippen molar-refractivity contribution in [3.63, 3.8) is 0 Å². The SMILES string of the molecule is CC(Sc1nc(C2CCCCC2)n(-c2ccccc2)n1)C(=O)NCC1CCCO1. The van der Waals surface area contributed by atoms with Crippen molar-refractivity contribution in [3.05, 3.63) is 36.2 Å². The van der Waals surface area contributed by atoms with E-state index in [-0.39, 0.29) is 17.3 Å². The fourth-order valence-electron chi connectivity index (χ4n) is 4.11. The van der Waals surface area contributed by atoms with Gasteiger partial charge in [0.05, 0.1) is 17.0 Å². The molecule has 2 heterocycles. The lowest BCUT2D eigenvalue weighted by molar-refractivity contribution is -0.120. The van der Waals surface area contributed by atoms with Crippen molar-refractivity contribution in [3.8, 4) is 5.69 Å². The predicted molar refractivity (Wildman–Crippen MR) is 114 cm³/mol.